The van der Waals surface area contributed by atoms with Crippen LogP contribution in [-0.2, 0) is 4.79 Å². The molecule has 0 fully saturated rings. The fourth-order valence-electron chi connectivity index (χ4n) is 2.88. The lowest BCUT2D eigenvalue weighted by molar-refractivity contribution is -0.115. The molecule has 0 aliphatic rings. The molecule has 1 atom stereocenters. The lowest BCUT2D eigenvalue weighted by Gasteiger charge is -2.17. The average Bonchev–Trinajstić information content (AvgIpc) is 3.45. The van der Waals surface area contributed by atoms with Crippen molar-refractivity contribution < 1.29 is 18.4 Å². The van der Waals surface area contributed by atoms with Crippen LogP contribution >= 0.6 is 11.8 Å². The summed E-state index contributed by atoms with van der Waals surface area (Å²) in [7, 11) is 1.57. The zero-order valence-corrected chi connectivity index (χ0v) is 17.2. The standard InChI is InChI=1S/C22H19N3O4S/c1-14-10-11-17(27-2)16(13-14)23-20(26)19(15-7-4-3-5-8-15)30-22-25-24-21(29-22)18-9-6-12-28-18/h3-13,19H,1-2H3,(H,23,26)/t19-/m1/s1. The van der Waals surface area contributed by atoms with Crippen LogP contribution in [0, 0.1) is 6.92 Å². The van der Waals surface area contributed by atoms with Crippen molar-refractivity contribution in [3.05, 3.63) is 78.1 Å². The van der Waals surface area contributed by atoms with Gasteiger partial charge in [-0.3, -0.25) is 4.79 Å². The van der Waals surface area contributed by atoms with Crippen LogP contribution in [0.3, 0.4) is 0 Å². The summed E-state index contributed by atoms with van der Waals surface area (Å²) in [5, 5.41) is 10.7. The molecule has 8 heteroatoms. The number of aryl methyl sites for hydroxylation is 1. The average molecular weight is 421 g/mol. The van der Waals surface area contributed by atoms with E-state index in [0.717, 1.165) is 11.1 Å². The molecule has 0 saturated carbocycles. The van der Waals surface area contributed by atoms with E-state index < -0.39 is 5.25 Å². The lowest BCUT2D eigenvalue weighted by atomic mass is 10.1. The van der Waals surface area contributed by atoms with Gasteiger partial charge in [-0.25, -0.2) is 0 Å². The van der Waals surface area contributed by atoms with Gasteiger partial charge in [0, 0.05) is 0 Å². The molecule has 1 N–H and O–H groups in total. The number of furan rings is 1. The molecule has 4 rings (SSSR count). The molecule has 0 unspecified atom stereocenters. The largest absolute Gasteiger partial charge is 0.495 e. The van der Waals surface area contributed by atoms with Crippen LogP contribution in [0.4, 0.5) is 5.69 Å². The highest BCUT2D eigenvalue weighted by molar-refractivity contribution is 8.00. The monoisotopic (exact) mass is 421 g/mol. The first-order chi connectivity index (χ1) is 14.6. The Hall–Kier alpha value is -3.52. The van der Waals surface area contributed by atoms with Gasteiger partial charge in [-0.15, -0.1) is 10.2 Å². The van der Waals surface area contributed by atoms with Crippen LogP contribution in [0.1, 0.15) is 16.4 Å². The number of benzene rings is 2. The molecule has 30 heavy (non-hydrogen) atoms. The van der Waals surface area contributed by atoms with Crippen LogP contribution in [0.15, 0.2) is 81.0 Å². The summed E-state index contributed by atoms with van der Waals surface area (Å²) in [6, 6.07) is 18.5. The second-order valence-corrected chi connectivity index (χ2v) is 7.51. The van der Waals surface area contributed by atoms with Crippen LogP contribution < -0.4 is 10.1 Å². The highest BCUT2D eigenvalue weighted by Crippen LogP contribution is 2.37. The number of nitrogens with zero attached hydrogens (tertiary/aromatic N) is 2. The number of rotatable bonds is 7. The Morgan fingerprint density at radius 1 is 1.10 bits per heavy atom. The van der Waals surface area contributed by atoms with E-state index in [0.29, 0.717) is 17.2 Å². The van der Waals surface area contributed by atoms with E-state index in [1.807, 2.05) is 55.5 Å². The number of carbonyl (C=O) groups is 1. The Morgan fingerprint density at radius 3 is 2.67 bits per heavy atom. The van der Waals surface area contributed by atoms with E-state index in [2.05, 4.69) is 15.5 Å². The van der Waals surface area contributed by atoms with Crippen molar-refractivity contribution in [3.63, 3.8) is 0 Å². The minimum absolute atomic E-state index is 0.229. The number of thioether (sulfide) groups is 1. The maximum Gasteiger partial charge on any atom is 0.284 e. The van der Waals surface area contributed by atoms with Crippen molar-refractivity contribution in [2.24, 2.45) is 0 Å². The van der Waals surface area contributed by atoms with Gasteiger partial charge >= 0.3 is 0 Å². The summed E-state index contributed by atoms with van der Waals surface area (Å²) in [6.07, 6.45) is 1.53. The molecule has 4 aromatic rings. The summed E-state index contributed by atoms with van der Waals surface area (Å²) >= 11 is 1.17. The smallest absolute Gasteiger partial charge is 0.284 e. The van der Waals surface area contributed by atoms with Crippen molar-refractivity contribution in [2.45, 2.75) is 17.4 Å². The summed E-state index contributed by atoms with van der Waals surface area (Å²) in [5.41, 5.74) is 2.42. The van der Waals surface area contributed by atoms with Gasteiger partial charge in [-0.05, 0) is 54.1 Å². The minimum Gasteiger partial charge on any atom is -0.495 e. The van der Waals surface area contributed by atoms with Gasteiger partial charge in [0.25, 0.3) is 11.1 Å². The number of hydrogen-bond donors (Lipinski definition) is 1. The molecule has 0 spiro atoms. The second kappa shape index (κ2) is 8.87. The number of carbonyl (C=O) groups excluding carboxylic acids is 1. The number of nitrogens with one attached hydrogen (secondary N) is 1. The first kappa shape index (κ1) is 19.8. The fourth-order valence-corrected chi connectivity index (χ4v) is 3.75. The third kappa shape index (κ3) is 4.38. The summed E-state index contributed by atoms with van der Waals surface area (Å²) in [6.45, 7) is 1.95. The van der Waals surface area contributed by atoms with Crippen molar-refractivity contribution >= 4 is 23.4 Å². The molecule has 2 heterocycles. The van der Waals surface area contributed by atoms with Crippen molar-refractivity contribution in [1.82, 2.24) is 10.2 Å². The van der Waals surface area contributed by atoms with E-state index in [1.165, 1.54) is 18.0 Å². The second-order valence-electron chi connectivity index (χ2n) is 6.45. The van der Waals surface area contributed by atoms with Gasteiger partial charge < -0.3 is 18.9 Å². The number of amides is 1. The molecule has 152 valence electrons. The molecule has 2 aromatic heterocycles. The van der Waals surface area contributed by atoms with Gasteiger partial charge in [0.2, 0.25) is 5.91 Å². The highest BCUT2D eigenvalue weighted by Gasteiger charge is 2.26. The molecule has 0 saturated heterocycles. The zero-order valence-electron chi connectivity index (χ0n) is 16.4. The van der Waals surface area contributed by atoms with E-state index in [4.69, 9.17) is 13.6 Å². The molecule has 0 aliphatic carbocycles. The lowest BCUT2D eigenvalue weighted by Crippen LogP contribution is -2.19. The van der Waals surface area contributed by atoms with Gasteiger partial charge in [-0.2, -0.15) is 0 Å². The summed E-state index contributed by atoms with van der Waals surface area (Å²) in [5.74, 6) is 1.09. The summed E-state index contributed by atoms with van der Waals surface area (Å²) in [4.78, 5) is 13.2. The number of aromatic nitrogens is 2. The van der Waals surface area contributed by atoms with Gasteiger partial charge in [0.15, 0.2) is 5.76 Å². The Bertz CT molecular complexity index is 1130. The SMILES string of the molecule is COc1ccc(C)cc1NC(=O)[C@H](Sc1nnc(-c2ccco2)o1)c1ccccc1. The molecule has 7 nitrogen and oxygen atoms in total. The molecule has 0 bridgehead atoms. The normalized spacial score (nSPS) is 11.8. The molecule has 0 radical (unpaired) electrons. The van der Waals surface area contributed by atoms with Crippen LogP contribution in [0.5, 0.6) is 5.75 Å². The first-order valence-corrected chi connectivity index (χ1v) is 10.1. The van der Waals surface area contributed by atoms with Crippen LogP contribution in [0.2, 0.25) is 0 Å². The van der Waals surface area contributed by atoms with E-state index in [9.17, 15) is 4.79 Å². The molecular weight excluding hydrogens is 402 g/mol. The van der Waals surface area contributed by atoms with E-state index in [1.54, 1.807) is 19.2 Å². The number of ether oxygens (including phenoxy) is 1. The highest BCUT2D eigenvalue weighted by atomic mass is 32.2. The van der Waals surface area contributed by atoms with Gasteiger partial charge in [0.1, 0.15) is 11.0 Å². The number of hydrogen-bond acceptors (Lipinski definition) is 7. The fraction of sp³-hybridized carbons (Fsp3) is 0.136. The third-order valence-electron chi connectivity index (χ3n) is 4.31. The van der Waals surface area contributed by atoms with Gasteiger partial charge in [0.05, 0.1) is 19.1 Å². The molecule has 0 aliphatic heterocycles. The van der Waals surface area contributed by atoms with E-state index in [-0.39, 0.29) is 17.0 Å². The molecule has 2 aromatic carbocycles. The Balaban J connectivity index is 1.61. The predicted octanol–water partition coefficient (Wildman–Crippen LogP) is 5.12. The molecule has 1 amide bonds. The maximum atomic E-state index is 13.2. The Kier molecular flexibility index (Phi) is 5.85. The Labute approximate surface area is 177 Å². The van der Waals surface area contributed by atoms with Crippen LogP contribution in [-0.4, -0.2) is 23.2 Å². The number of anilines is 1. The number of methoxy groups -OCH3 is 1. The van der Waals surface area contributed by atoms with Crippen LogP contribution in [0.25, 0.3) is 11.7 Å². The predicted molar refractivity (Wildman–Crippen MR) is 113 cm³/mol. The topological polar surface area (TPSA) is 90.4 Å². The molecular formula is C22H19N3O4S. The quantitative estimate of drug-likeness (QED) is 0.414. The van der Waals surface area contributed by atoms with E-state index >= 15 is 0 Å². The van der Waals surface area contributed by atoms with Crippen molar-refractivity contribution in [2.75, 3.05) is 12.4 Å². The van der Waals surface area contributed by atoms with Crippen molar-refractivity contribution in [1.29, 1.82) is 0 Å². The zero-order chi connectivity index (χ0) is 20.9. The first-order valence-electron chi connectivity index (χ1n) is 9.18. The minimum atomic E-state index is -0.610. The summed E-state index contributed by atoms with van der Waals surface area (Å²) < 4.78 is 16.4. The third-order valence-corrected chi connectivity index (χ3v) is 5.40. The van der Waals surface area contributed by atoms with Crippen molar-refractivity contribution in [3.8, 4) is 17.4 Å². The van der Waals surface area contributed by atoms with Gasteiger partial charge in [-0.1, -0.05) is 36.4 Å². The maximum absolute atomic E-state index is 13.2. The Morgan fingerprint density at radius 2 is 1.93 bits per heavy atom.